The third-order valence-electron chi connectivity index (χ3n) is 3.48. The smallest absolute Gasteiger partial charge is 0.250 e. The van der Waals surface area contributed by atoms with Gasteiger partial charge in [0.2, 0.25) is 0 Å². The molecule has 0 radical (unpaired) electrons. The highest BCUT2D eigenvalue weighted by Crippen LogP contribution is 2.33. The number of carbonyl (C=O) groups excluding carboxylic acids is 1. The number of halogens is 1. The van der Waals surface area contributed by atoms with Crippen LogP contribution in [0.3, 0.4) is 0 Å². The number of benzene rings is 1. The fourth-order valence-electron chi connectivity index (χ4n) is 2.28. The van der Waals surface area contributed by atoms with E-state index in [0.717, 1.165) is 12.1 Å². The van der Waals surface area contributed by atoms with Crippen LogP contribution in [0, 0.1) is 0 Å². The zero-order valence-electron chi connectivity index (χ0n) is 13.5. The Labute approximate surface area is 142 Å². The van der Waals surface area contributed by atoms with Crippen molar-refractivity contribution in [1.29, 1.82) is 0 Å². The van der Waals surface area contributed by atoms with E-state index in [1.807, 2.05) is 0 Å². The Bertz CT molecular complexity index is 496. The van der Waals surface area contributed by atoms with E-state index in [0.29, 0.717) is 30.4 Å². The molecule has 8 heteroatoms. The molecule has 1 aliphatic heterocycles. The van der Waals surface area contributed by atoms with Crippen molar-refractivity contribution < 1.29 is 23.7 Å². The molecule has 130 valence electrons. The molecule has 23 heavy (non-hydrogen) atoms. The summed E-state index contributed by atoms with van der Waals surface area (Å²) in [6.07, 6.45) is -0.469. The second-order valence-electron chi connectivity index (χ2n) is 4.79. The first kappa shape index (κ1) is 19.3. The molecule has 1 aromatic carbocycles. The second kappa shape index (κ2) is 9.44. The predicted octanol–water partition coefficient (Wildman–Crippen LogP) is 0.739. The number of carbonyl (C=O) groups is 1. The quantitative estimate of drug-likeness (QED) is 0.791. The van der Waals surface area contributed by atoms with E-state index in [2.05, 4.69) is 10.6 Å². The zero-order valence-corrected chi connectivity index (χ0v) is 14.3. The standard InChI is InChI=1S/C15H22N2O5.ClH/c1-19-10-6-12(20-2)11(13(7-10)21-3)8-17-15(18)14-9-16-4-5-22-14;/h6-7,14,16H,4-5,8-9H2,1-3H3,(H,17,18);1H. The Kier molecular flexibility index (Phi) is 7.94. The second-order valence-corrected chi connectivity index (χ2v) is 4.79. The lowest BCUT2D eigenvalue weighted by atomic mass is 10.1. The van der Waals surface area contributed by atoms with E-state index < -0.39 is 6.10 Å². The largest absolute Gasteiger partial charge is 0.496 e. The van der Waals surface area contributed by atoms with E-state index in [1.165, 1.54) is 0 Å². The van der Waals surface area contributed by atoms with Crippen LogP contribution >= 0.6 is 12.4 Å². The number of amides is 1. The Balaban J connectivity index is 0.00000264. The van der Waals surface area contributed by atoms with E-state index in [4.69, 9.17) is 18.9 Å². The van der Waals surface area contributed by atoms with Gasteiger partial charge in [-0.1, -0.05) is 0 Å². The molecule has 1 unspecified atom stereocenters. The van der Waals surface area contributed by atoms with Gasteiger partial charge < -0.3 is 29.6 Å². The highest BCUT2D eigenvalue weighted by Gasteiger charge is 2.22. The number of hydrogen-bond acceptors (Lipinski definition) is 6. The maximum Gasteiger partial charge on any atom is 0.250 e. The van der Waals surface area contributed by atoms with Crippen LogP contribution < -0.4 is 24.8 Å². The molecule has 1 aliphatic rings. The summed E-state index contributed by atoms with van der Waals surface area (Å²) in [4.78, 5) is 12.1. The van der Waals surface area contributed by atoms with Crippen LogP contribution in [0.1, 0.15) is 5.56 Å². The minimum Gasteiger partial charge on any atom is -0.496 e. The molecule has 0 bridgehead atoms. The SMILES string of the molecule is COc1cc(OC)c(CNC(=O)C2CNCCO2)c(OC)c1.Cl. The number of nitrogens with one attached hydrogen (secondary N) is 2. The number of rotatable bonds is 6. The average molecular weight is 347 g/mol. The number of ether oxygens (including phenoxy) is 4. The van der Waals surface area contributed by atoms with Gasteiger partial charge in [-0.2, -0.15) is 0 Å². The van der Waals surface area contributed by atoms with Crippen LogP contribution in [0.5, 0.6) is 17.2 Å². The summed E-state index contributed by atoms with van der Waals surface area (Å²) in [6, 6.07) is 3.51. The molecule has 1 fully saturated rings. The van der Waals surface area contributed by atoms with Crippen molar-refractivity contribution in [3.8, 4) is 17.2 Å². The van der Waals surface area contributed by atoms with E-state index in [1.54, 1.807) is 33.5 Å². The average Bonchev–Trinajstić information content (AvgIpc) is 2.59. The lowest BCUT2D eigenvalue weighted by Crippen LogP contribution is -2.47. The minimum absolute atomic E-state index is 0. The summed E-state index contributed by atoms with van der Waals surface area (Å²) < 4.78 is 21.3. The summed E-state index contributed by atoms with van der Waals surface area (Å²) in [5.41, 5.74) is 0.753. The van der Waals surface area contributed by atoms with Gasteiger partial charge in [-0.3, -0.25) is 4.79 Å². The van der Waals surface area contributed by atoms with Crippen LogP contribution in [0.2, 0.25) is 0 Å². The van der Waals surface area contributed by atoms with Crippen molar-refractivity contribution in [2.24, 2.45) is 0 Å². The van der Waals surface area contributed by atoms with Gasteiger partial charge in [-0.25, -0.2) is 0 Å². The predicted molar refractivity (Wildman–Crippen MR) is 87.8 cm³/mol. The molecule has 1 heterocycles. The van der Waals surface area contributed by atoms with Crippen molar-refractivity contribution in [1.82, 2.24) is 10.6 Å². The van der Waals surface area contributed by atoms with Crippen molar-refractivity contribution in [2.45, 2.75) is 12.6 Å². The van der Waals surface area contributed by atoms with Gasteiger partial charge in [0.1, 0.15) is 23.4 Å². The van der Waals surface area contributed by atoms with Gasteiger partial charge in [0, 0.05) is 25.2 Å². The van der Waals surface area contributed by atoms with Crippen LogP contribution in [-0.2, 0) is 16.1 Å². The highest BCUT2D eigenvalue weighted by atomic mass is 35.5. The first-order valence-corrected chi connectivity index (χ1v) is 7.08. The summed E-state index contributed by atoms with van der Waals surface area (Å²) >= 11 is 0. The maximum absolute atomic E-state index is 12.1. The van der Waals surface area contributed by atoms with Gasteiger partial charge in [-0.15, -0.1) is 12.4 Å². The van der Waals surface area contributed by atoms with Crippen molar-refractivity contribution in [3.63, 3.8) is 0 Å². The molecule has 0 spiro atoms. The molecular formula is C15H23ClN2O5. The highest BCUT2D eigenvalue weighted by molar-refractivity contribution is 5.85. The Morgan fingerprint density at radius 2 is 1.91 bits per heavy atom. The molecule has 2 rings (SSSR count). The molecular weight excluding hydrogens is 324 g/mol. The topological polar surface area (TPSA) is 78.1 Å². The van der Waals surface area contributed by atoms with Crippen molar-refractivity contribution >= 4 is 18.3 Å². The third-order valence-corrected chi connectivity index (χ3v) is 3.48. The van der Waals surface area contributed by atoms with Crippen LogP contribution in [0.25, 0.3) is 0 Å². The summed E-state index contributed by atoms with van der Waals surface area (Å²) in [5, 5.41) is 5.97. The zero-order chi connectivity index (χ0) is 15.9. The molecule has 0 aliphatic carbocycles. The van der Waals surface area contributed by atoms with Gasteiger partial charge in [-0.05, 0) is 0 Å². The summed E-state index contributed by atoms with van der Waals surface area (Å²) in [7, 11) is 4.70. The molecule has 0 aromatic heterocycles. The number of morpholine rings is 1. The normalized spacial score (nSPS) is 16.9. The monoisotopic (exact) mass is 346 g/mol. The van der Waals surface area contributed by atoms with Gasteiger partial charge >= 0.3 is 0 Å². The third kappa shape index (κ3) is 4.89. The molecule has 0 saturated carbocycles. The van der Waals surface area contributed by atoms with Crippen LogP contribution in [-0.4, -0.2) is 53.0 Å². The molecule has 1 saturated heterocycles. The first-order valence-electron chi connectivity index (χ1n) is 7.08. The Morgan fingerprint density at radius 3 is 2.39 bits per heavy atom. The molecule has 1 atom stereocenters. The fraction of sp³-hybridized carbons (Fsp3) is 0.533. The van der Waals surface area contributed by atoms with Gasteiger partial charge in [0.15, 0.2) is 0 Å². The molecule has 1 amide bonds. The van der Waals surface area contributed by atoms with Gasteiger partial charge in [0.25, 0.3) is 5.91 Å². The van der Waals surface area contributed by atoms with E-state index >= 15 is 0 Å². The Hall–Kier alpha value is -1.70. The lowest BCUT2D eigenvalue weighted by molar-refractivity contribution is -0.134. The van der Waals surface area contributed by atoms with Crippen LogP contribution in [0.4, 0.5) is 0 Å². The van der Waals surface area contributed by atoms with E-state index in [-0.39, 0.29) is 24.9 Å². The summed E-state index contributed by atoms with van der Waals surface area (Å²) in [5.74, 6) is 1.66. The molecule has 7 nitrogen and oxygen atoms in total. The summed E-state index contributed by atoms with van der Waals surface area (Å²) in [6.45, 7) is 2.11. The number of hydrogen-bond donors (Lipinski definition) is 2. The van der Waals surface area contributed by atoms with Crippen molar-refractivity contribution in [2.75, 3.05) is 41.0 Å². The van der Waals surface area contributed by atoms with Crippen molar-refractivity contribution in [3.05, 3.63) is 17.7 Å². The Morgan fingerprint density at radius 1 is 1.26 bits per heavy atom. The molecule has 1 aromatic rings. The van der Waals surface area contributed by atoms with Crippen LogP contribution in [0.15, 0.2) is 12.1 Å². The first-order chi connectivity index (χ1) is 10.7. The lowest BCUT2D eigenvalue weighted by Gasteiger charge is -2.23. The molecule has 2 N–H and O–H groups in total. The van der Waals surface area contributed by atoms with Gasteiger partial charge in [0.05, 0.1) is 40.0 Å². The minimum atomic E-state index is -0.469. The fourth-order valence-corrected chi connectivity index (χ4v) is 2.28. The maximum atomic E-state index is 12.1. The number of methoxy groups -OCH3 is 3. The van der Waals surface area contributed by atoms with E-state index in [9.17, 15) is 4.79 Å².